The van der Waals surface area contributed by atoms with Crippen LogP contribution in [0.15, 0.2) is 53.0 Å². The van der Waals surface area contributed by atoms with Gasteiger partial charge in [-0.2, -0.15) is 0 Å². The number of rotatable bonds is 1. The third-order valence-electron chi connectivity index (χ3n) is 2.27. The zero-order valence-corrected chi connectivity index (χ0v) is 12.1. The van der Waals surface area contributed by atoms with Crippen molar-refractivity contribution in [3.8, 4) is 11.8 Å². The summed E-state index contributed by atoms with van der Waals surface area (Å²) in [4.78, 5) is 11.7. The van der Waals surface area contributed by atoms with E-state index in [0.29, 0.717) is 10.7 Å². The van der Waals surface area contributed by atoms with E-state index >= 15 is 0 Å². The van der Waals surface area contributed by atoms with Crippen molar-refractivity contribution in [2.24, 2.45) is 0 Å². The largest absolute Gasteiger partial charge is 0.314 e. The standard InChI is InChI=1S/C15H9BrClNO/c16-13-8-7-12(17)10-14(13)18-15(19)9-6-11-4-2-1-3-5-11/h1-5,7-8,10H,(H,18,19). The first-order valence-corrected chi connectivity index (χ1v) is 6.65. The van der Waals surface area contributed by atoms with Gasteiger partial charge in [-0.3, -0.25) is 4.79 Å². The zero-order valence-electron chi connectivity index (χ0n) is 9.78. The van der Waals surface area contributed by atoms with Crippen LogP contribution in [0.5, 0.6) is 0 Å². The summed E-state index contributed by atoms with van der Waals surface area (Å²) in [7, 11) is 0. The second-order valence-electron chi connectivity index (χ2n) is 3.69. The van der Waals surface area contributed by atoms with Gasteiger partial charge in [-0.05, 0) is 46.3 Å². The molecule has 1 N–H and O–H groups in total. The van der Waals surface area contributed by atoms with E-state index in [9.17, 15) is 4.79 Å². The van der Waals surface area contributed by atoms with Crippen LogP contribution in [0.1, 0.15) is 5.56 Å². The van der Waals surface area contributed by atoms with Crippen molar-refractivity contribution in [1.29, 1.82) is 0 Å². The summed E-state index contributed by atoms with van der Waals surface area (Å²) < 4.78 is 0.756. The molecule has 0 spiro atoms. The number of carbonyl (C=O) groups is 1. The van der Waals surface area contributed by atoms with E-state index in [1.54, 1.807) is 18.2 Å². The third kappa shape index (κ3) is 4.13. The number of anilines is 1. The number of amides is 1. The molecule has 0 bridgehead atoms. The topological polar surface area (TPSA) is 29.1 Å². The Morgan fingerprint density at radius 2 is 1.89 bits per heavy atom. The molecule has 0 saturated carbocycles. The first kappa shape index (κ1) is 13.7. The van der Waals surface area contributed by atoms with E-state index in [-0.39, 0.29) is 5.91 Å². The summed E-state index contributed by atoms with van der Waals surface area (Å²) in [6.07, 6.45) is 0. The Labute approximate surface area is 124 Å². The fourth-order valence-electron chi connectivity index (χ4n) is 1.40. The highest BCUT2D eigenvalue weighted by Crippen LogP contribution is 2.25. The minimum atomic E-state index is -0.383. The van der Waals surface area contributed by atoms with Crippen molar-refractivity contribution in [3.05, 3.63) is 63.6 Å². The number of carbonyl (C=O) groups excluding carboxylic acids is 1. The molecular weight excluding hydrogens is 326 g/mol. The van der Waals surface area contributed by atoms with Gasteiger partial charge in [0.25, 0.3) is 0 Å². The summed E-state index contributed by atoms with van der Waals surface area (Å²) >= 11 is 9.20. The second kappa shape index (κ2) is 6.42. The van der Waals surface area contributed by atoms with Gasteiger partial charge in [-0.1, -0.05) is 35.7 Å². The van der Waals surface area contributed by atoms with Gasteiger partial charge < -0.3 is 5.32 Å². The summed E-state index contributed by atoms with van der Waals surface area (Å²) in [6, 6.07) is 14.5. The SMILES string of the molecule is O=C(C#Cc1ccccc1)Nc1cc(Cl)ccc1Br. The lowest BCUT2D eigenvalue weighted by Gasteiger charge is -2.04. The van der Waals surface area contributed by atoms with Gasteiger partial charge in [0.15, 0.2) is 0 Å². The fraction of sp³-hybridized carbons (Fsp3) is 0. The van der Waals surface area contributed by atoms with E-state index in [1.807, 2.05) is 30.3 Å². The minimum Gasteiger partial charge on any atom is -0.314 e. The molecule has 0 heterocycles. The van der Waals surface area contributed by atoms with Crippen LogP contribution in [-0.4, -0.2) is 5.91 Å². The molecule has 0 saturated heterocycles. The highest BCUT2D eigenvalue weighted by atomic mass is 79.9. The van der Waals surface area contributed by atoms with Gasteiger partial charge in [-0.25, -0.2) is 0 Å². The normalized spacial score (nSPS) is 9.37. The van der Waals surface area contributed by atoms with Crippen LogP contribution in [0.4, 0.5) is 5.69 Å². The van der Waals surface area contributed by atoms with Crippen LogP contribution in [0.2, 0.25) is 5.02 Å². The minimum absolute atomic E-state index is 0.383. The maximum absolute atomic E-state index is 11.7. The third-order valence-corrected chi connectivity index (χ3v) is 3.20. The Morgan fingerprint density at radius 1 is 1.16 bits per heavy atom. The smallest absolute Gasteiger partial charge is 0.300 e. The molecule has 2 aromatic rings. The van der Waals surface area contributed by atoms with Gasteiger partial charge in [0, 0.05) is 21.0 Å². The zero-order chi connectivity index (χ0) is 13.7. The van der Waals surface area contributed by atoms with Crippen LogP contribution in [-0.2, 0) is 4.79 Å². The van der Waals surface area contributed by atoms with E-state index in [0.717, 1.165) is 10.0 Å². The molecule has 0 aliphatic heterocycles. The van der Waals surface area contributed by atoms with E-state index in [1.165, 1.54) is 0 Å². The van der Waals surface area contributed by atoms with E-state index in [4.69, 9.17) is 11.6 Å². The maximum Gasteiger partial charge on any atom is 0.300 e. The predicted molar refractivity (Wildman–Crippen MR) is 81.1 cm³/mol. The van der Waals surface area contributed by atoms with Gasteiger partial charge in [0.1, 0.15) is 0 Å². The summed E-state index contributed by atoms with van der Waals surface area (Å²) in [5.41, 5.74) is 1.39. The van der Waals surface area contributed by atoms with Crippen LogP contribution in [0, 0.1) is 11.8 Å². The summed E-state index contributed by atoms with van der Waals surface area (Å²) in [5.74, 6) is 4.94. The fourth-order valence-corrected chi connectivity index (χ4v) is 1.92. The van der Waals surface area contributed by atoms with Gasteiger partial charge in [0.2, 0.25) is 0 Å². The molecule has 2 rings (SSSR count). The van der Waals surface area contributed by atoms with Crippen LogP contribution >= 0.6 is 27.5 Å². The Morgan fingerprint density at radius 3 is 2.63 bits per heavy atom. The van der Waals surface area contributed by atoms with Crippen molar-refractivity contribution < 1.29 is 4.79 Å². The monoisotopic (exact) mass is 333 g/mol. The molecule has 0 aliphatic rings. The average molecular weight is 335 g/mol. The van der Waals surface area contributed by atoms with Crippen molar-refractivity contribution in [3.63, 3.8) is 0 Å². The van der Waals surface area contributed by atoms with Crippen LogP contribution in [0.3, 0.4) is 0 Å². The van der Waals surface area contributed by atoms with Crippen molar-refractivity contribution in [1.82, 2.24) is 0 Å². The first-order valence-electron chi connectivity index (χ1n) is 5.48. The molecule has 0 atom stereocenters. The van der Waals surface area contributed by atoms with Gasteiger partial charge in [-0.15, -0.1) is 0 Å². The van der Waals surface area contributed by atoms with E-state index in [2.05, 4.69) is 33.1 Å². The van der Waals surface area contributed by atoms with E-state index < -0.39 is 0 Å². The van der Waals surface area contributed by atoms with Crippen molar-refractivity contribution in [2.75, 3.05) is 5.32 Å². The summed E-state index contributed by atoms with van der Waals surface area (Å²) in [5, 5.41) is 3.23. The van der Waals surface area contributed by atoms with Gasteiger partial charge >= 0.3 is 5.91 Å². The van der Waals surface area contributed by atoms with Gasteiger partial charge in [0.05, 0.1) is 5.69 Å². The van der Waals surface area contributed by atoms with Crippen LogP contribution < -0.4 is 5.32 Å². The van der Waals surface area contributed by atoms with Crippen molar-refractivity contribution in [2.45, 2.75) is 0 Å². The molecule has 0 unspecified atom stereocenters. The molecule has 0 fully saturated rings. The molecule has 2 nitrogen and oxygen atoms in total. The number of halogens is 2. The highest BCUT2D eigenvalue weighted by molar-refractivity contribution is 9.10. The Balaban J connectivity index is 2.10. The maximum atomic E-state index is 11.7. The Hall–Kier alpha value is -1.76. The molecule has 0 aromatic heterocycles. The number of hydrogen-bond donors (Lipinski definition) is 1. The van der Waals surface area contributed by atoms with Crippen LogP contribution in [0.25, 0.3) is 0 Å². The molecule has 4 heteroatoms. The molecule has 0 radical (unpaired) electrons. The lowest BCUT2D eigenvalue weighted by Crippen LogP contribution is -2.08. The highest BCUT2D eigenvalue weighted by Gasteiger charge is 2.03. The molecular formula is C15H9BrClNO. The number of nitrogens with one attached hydrogen (secondary N) is 1. The number of hydrogen-bond acceptors (Lipinski definition) is 1. The second-order valence-corrected chi connectivity index (χ2v) is 4.99. The summed E-state index contributed by atoms with van der Waals surface area (Å²) in [6.45, 7) is 0. The lowest BCUT2D eigenvalue weighted by atomic mass is 10.2. The molecule has 19 heavy (non-hydrogen) atoms. The lowest BCUT2D eigenvalue weighted by molar-refractivity contribution is -0.111. The Kier molecular flexibility index (Phi) is 4.62. The quantitative estimate of drug-likeness (QED) is 0.782. The molecule has 1 amide bonds. The van der Waals surface area contributed by atoms with Crippen molar-refractivity contribution >= 4 is 39.1 Å². The average Bonchev–Trinajstić information content (AvgIpc) is 2.42. The molecule has 0 aliphatic carbocycles. The Bertz CT molecular complexity index is 659. The molecule has 94 valence electrons. The number of benzene rings is 2. The predicted octanol–water partition coefficient (Wildman–Crippen LogP) is 4.09. The molecule has 2 aromatic carbocycles. The first-order chi connectivity index (χ1) is 9.15.